The number of amides is 1. The van der Waals surface area contributed by atoms with Gasteiger partial charge in [0.1, 0.15) is 0 Å². The third-order valence-electron chi connectivity index (χ3n) is 2.98. The largest absolute Gasteiger partial charge is 0.325 e. The molecule has 3 aromatic rings. The van der Waals surface area contributed by atoms with Crippen LogP contribution in [-0.4, -0.2) is 31.9 Å². The summed E-state index contributed by atoms with van der Waals surface area (Å²) in [5.41, 5.74) is 1.40. The van der Waals surface area contributed by atoms with Gasteiger partial charge in [0.2, 0.25) is 11.1 Å². The van der Waals surface area contributed by atoms with Crippen LogP contribution in [0.15, 0.2) is 58.2 Å². The first-order valence-electron chi connectivity index (χ1n) is 6.85. The van der Waals surface area contributed by atoms with Crippen molar-refractivity contribution in [3.05, 3.63) is 58.0 Å². The summed E-state index contributed by atoms with van der Waals surface area (Å²) < 4.78 is 2.47. The summed E-state index contributed by atoms with van der Waals surface area (Å²) in [7, 11) is 0. The standard InChI is InChI=1S/C15H11BrClN5OS/c16-10-5-7-11(8-6-10)18-14(23)9-24-15-19-20-21-22(15)13-4-2-1-3-12(13)17/h1-8H,9H2,(H,18,23). The molecule has 0 aliphatic heterocycles. The van der Waals surface area contributed by atoms with Gasteiger partial charge in [-0.2, -0.15) is 4.68 Å². The van der Waals surface area contributed by atoms with Gasteiger partial charge in [-0.1, -0.05) is 51.4 Å². The van der Waals surface area contributed by atoms with Gasteiger partial charge < -0.3 is 5.32 Å². The van der Waals surface area contributed by atoms with Crippen molar-refractivity contribution in [1.82, 2.24) is 20.2 Å². The normalized spacial score (nSPS) is 10.6. The molecule has 0 aliphatic carbocycles. The minimum atomic E-state index is -0.143. The van der Waals surface area contributed by atoms with E-state index in [4.69, 9.17) is 11.6 Å². The molecule has 24 heavy (non-hydrogen) atoms. The van der Waals surface area contributed by atoms with E-state index in [0.717, 1.165) is 10.2 Å². The van der Waals surface area contributed by atoms with E-state index in [2.05, 4.69) is 36.8 Å². The number of nitrogens with one attached hydrogen (secondary N) is 1. The molecule has 0 radical (unpaired) electrons. The topological polar surface area (TPSA) is 72.7 Å². The van der Waals surface area contributed by atoms with E-state index in [1.807, 2.05) is 42.5 Å². The number of rotatable bonds is 5. The molecule has 0 saturated heterocycles. The zero-order valence-electron chi connectivity index (χ0n) is 12.2. The second-order valence-electron chi connectivity index (χ2n) is 4.67. The van der Waals surface area contributed by atoms with Crippen molar-refractivity contribution < 1.29 is 4.79 Å². The molecular formula is C15H11BrClN5OS. The van der Waals surface area contributed by atoms with Gasteiger partial charge >= 0.3 is 0 Å². The lowest BCUT2D eigenvalue weighted by Crippen LogP contribution is -2.14. The van der Waals surface area contributed by atoms with E-state index < -0.39 is 0 Å². The maximum Gasteiger partial charge on any atom is 0.234 e. The molecule has 2 aromatic carbocycles. The van der Waals surface area contributed by atoms with Crippen molar-refractivity contribution in [3.63, 3.8) is 0 Å². The summed E-state index contributed by atoms with van der Waals surface area (Å²) in [6, 6.07) is 14.6. The maximum absolute atomic E-state index is 12.1. The monoisotopic (exact) mass is 423 g/mol. The van der Waals surface area contributed by atoms with Crippen LogP contribution in [0.1, 0.15) is 0 Å². The Hall–Kier alpha value is -1.90. The minimum absolute atomic E-state index is 0.143. The van der Waals surface area contributed by atoms with E-state index in [1.54, 1.807) is 6.07 Å². The quantitative estimate of drug-likeness (QED) is 0.631. The molecule has 0 atom stereocenters. The Bertz CT molecular complexity index is 855. The first-order valence-corrected chi connectivity index (χ1v) is 9.00. The minimum Gasteiger partial charge on any atom is -0.325 e. The number of hydrogen-bond acceptors (Lipinski definition) is 5. The first kappa shape index (κ1) is 16.9. The Morgan fingerprint density at radius 3 is 2.71 bits per heavy atom. The van der Waals surface area contributed by atoms with E-state index in [1.165, 1.54) is 16.4 Å². The number of carbonyl (C=O) groups is 1. The Balaban J connectivity index is 1.65. The number of para-hydroxylation sites is 1. The summed E-state index contributed by atoms with van der Waals surface area (Å²) in [4.78, 5) is 12.1. The molecule has 1 N–H and O–H groups in total. The average Bonchev–Trinajstić information content (AvgIpc) is 3.04. The van der Waals surface area contributed by atoms with Crippen LogP contribution in [0.25, 0.3) is 5.69 Å². The molecule has 0 spiro atoms. The van der Waals surface area contributed by atoms with E-state index in [0.29, 0.717) is 15.9 Å². The summed E-state index contributed by atoms with van der Waals surface area (Å²) in [6.07, 6.45) is 0. The average molecular weight is 425 g/mol. The number of benzene rings is 2. The van der Waals surface area contributed by atoms with E-state index >= 15 is 0 Å². The summed E-state index contributed by atoms with van der Waals surface area (Å²) in [6.45, 7) is 0. The molecule has 0 bridgehead atoms. The second kappa shape index (κ2) is 7.78. The highest BCUT2D eigenvalue weighted by atomic mass is 79.9. The van der Waals surface area contributed by atoms with Crippen LogP contribution in [0.3, 0.4) is 0 Å². The van der Waals surface area contributed by atoms with Crippen LogP contribution in [-0.2, 0) is 4.79 Å². The lowest BCUT2D eigenvalue weighted by atomic mass is 10.3. The van der Waals surface area contributed by atoms with Crippen LogP contribution >= 0.6 is 39.3 Å². The van der Waals surface area contributed by atoms with Gasteiger partial charge in [0.25, 0.3) is 0 Å². The van der Waals surface area contributed by atoms with E-state index in [9.17, 15) is 4.79 Å². The number of tetrazole rings is 1. The van der Waals surface area contributed by atoms with Gasteiger partial charge in [-0.05, 0) is 46.8 Å². The van der Waals surface area contributed by atoms with Gasteiger partial charge in [-0.25, -0.2) is 0 Å². The maximum atomic E-state index is 12.1. The lowest BCUT2D eigenvalue weighted by molar-refractivity contribution is -0.113. The molecule has 1 heterocycles. The molecule has 0 aliphatic rings. The fraction of sp³-hybridized carbons (Fsp3) is 0.0667. The van der Waals surface area contributed by atoms with Crippen molar-refractivity contribution in [2.24, 2.45) is 0 Å². The number of nitrogens with zero attached hydrogens (tertiary/aromatic N) is 4. The molecule has 0 saturated carbocycles. The lowest BCUT2D eigenvalue weighted by Gasteiger charge is -2.07. The highest BCUT2D eigenvalue weighted by Gasteiger charge is 2.13. The Morgan fingerprint density at radius 1 is 1.21 bits per heavy atom. The van der Waals surface area contributed by atoms with Gasteiger partial charge in [0.05, 0.1) is 16.5 Å². The van der Waals surface area contributed by atoms with Crippen molar-refractivity contribution in [3.8, 4) is 5.69 Å². The molecule has 1 aromatic heterocycles. The molecule has 9 heteroatoms. The summed E-state index contributed by atoms with van der Waals surface area (Å²) >= 11 is 10.7. The number of halogens is 2. The van der Waals surface area contributed by atoms with Gasteiger partial charge in [0, 0.05) is 10.2 Å². The van der Waals surface area contributed by atoms with Crippen molar-refractivity contribution in [2.75, 3.05) is 11.1 Å². The predicted octanol–water partition coefficient (Wildman–Crippen LogP) is 3.81. The van der Waals surface area contributed by atoms with E-state index in [-0.39, 0.29) is 11.7 Å². The molecule has 122 valence electrons. The second-order valence-corrected chi connectivity index (χ2v) is 6.93. The number of anilines is 1. The predicted molar refractivity (Wildman–Crippen MR) is 97.7 cm³/mol. The van der Waals surface area contributed by atoms with Crippen LogP contribution in [0.4, 0.5) is 5.69 Å². The Kier molecular flexibility index (Phi) is 5.49. The third-order valence-corrected chi connectivity index (χ3v) is 4.75. The number of aromatic nitrogens is 4. The van der Waals surface area contributed by atoms with Gasteiger partial charge in [-0.3, -0.25) is 4.79 Å². The van der Waals surface area contributed by atoms with Crippen molar-refractivity contribution >= 4 is 50.9 Å². The molecule has 1 amide bonds. The molecule has 0 unspecified atom stereocenters. The Labute approximate surface area is 155 Å². The molecule has 6 nitrogen and oxygen atoms in total. The molecule has 3 rings (SSSR count). The highest BCUT2D eigenvalue weighted by Crippen LogP contribution is 2.24. The zero-order chi connectivity index (χ0) is 16.9. The molecule has 0 fully saturated rings. The van der Waals surface area contributed by atoms with Crippen molar-refractivity contribution in [1.29, 1.82) is 0 Å². The molecular weight excluding hydrogens is 414 g/mol. The number of thioether (sulfide) groups is 1. The van der Waals surface area contributed by atoms with Crippen LogP contribution in [0.2, 0.25) is 5.02 Å². The number of hydrogen-bond donors (Lipinski definition) is 1. The smallest absolute Gasteiger partial charge is 0.234 e. The highest BCUT2D eigenvalue weighted by molar-refractivity contribution is 9.10. The fourth-order valence-electron chi connectivity index (χ4n) is 1.90. The fourth-order valence-corrected chi connectivity index (χ4v) is 3.07. The van der Waals surface area contributed by atoms with Gasteiger partial charge in [0.15, 0.2) is 0 Å². The van der Waals surface area contributed by atoms with Crippen LogP contribution < -0.4 is 5.32 Å². The summed E-state index contributed by atoms with van der Waals surface area (Å²) in [5, 5.41) is 15.4. The Morgan fingerprint density at radius 2 is 1.96 bits per heavy atom. The van der Waals surface area contributed by atoms with Crippen LogP contribution in [0, 0.1) is 0 Å². The first-order chi connectivity index (χ1) is 11.6. The summed E-state index contributed by atoms with van der Waals surface area (Å²) in [5.74, 6) is 0.0389. The zero-order valence-corrected chi connectivity index (χ0v) is 15.3. The number of carbonyl (C=O) groups excluding carboxylic acids is 1. The SMILES string of the molecule is O=C(CSc1nnnn1-c1ccccc1Cl)Nc1ccc(Br)cc1. The van der Waals surface area contributed by atoms with Gasteiger partial charge in [-0.15, -0.1) is 5.10 Å². The van der Waals surface area contributed by atoms with Crippen LogP contribution in [0.5, 0.6) is 0 Å². The van der Waals surface area contributed by atoms with Crippen molar-refractivity contribution in [2.45, 2.75) is 5.16 Å². The third kappa shape index (κ3) is 4.14.